The van der Waals surface area contributed by atoms with E-state index in [1.807, 2.05) is 0 Å². The van der Waals surface area contributed by atoms with Crippen LogP contribution in [0.1, 0.15) is 5.56 Å². The van der Waals surface area contributed by atoms with Gasteiger partial charge in [-0.3, -0.25) is 9.80 Å². The van der Waals surface area contributed by atoms with Crippen LogP contribution in [0.3, 0.4) is 0 Å². The molecule has 0 N–H and O–H groups in total. The zero-order chi connectivity index (χ0) is 12.8. The molecule has 0 bridgehead atoms. The van der Waals surface area contributed by atoms with Crippen LogP contribution in [0, 0.1) is 0 Å². The molecule has 2 rings (SSSR count). The lowest BCUT2D eigenvalue weighted by molar-refractivity contribution is 0.135. The van der Waals surface area contributed by atoms with Crippen molar-refractivity contribution in [2.45, 2.75) is 6.54 Å². The van der Waals surface area contributed by atoms with E-state index in [-0.39, 0.29) is 0 Å². The Morgan fingerprint density at radius 1 is 1.06 bits per heavy atom. The van der Waals surface area contributed by atoms with Gasteiger partial charge in [-0.15, -0.1) is 11.6 Å². The van der Waals surface area contributed by atoms with Crippen LogP contribution in [-0.4, -0.2) is 48.4 Å². The van der Waals surface area contributed by atoms with E-state index in [0.717, 1.165) is 44.8 Å². The molecule has 0 spiro atoms. The Hall–Kier alpha value is -0.830. The van der Waals surface area contributed by atoms with Crippen molar-refractivity contribution < 1.29 is 0 Å². The molecule has 0 amide bonds. The summed E-state index contributed by atoms with van der Waals surface area (Å²) < 4.78 is 0. The number of nitrogens with zero attached hydrogens (tertiary/aromatic N) is 2. The number of piperazine rings is 1. The van der Waals surface area contributed by atoms with Gasteiger partial charge in [0.05, 0.1) is 0 Å². The van der Waals surface area contributed by atoms with E-state index in [9.17, 15) is 0 Å². The molecule has 0 atom stereocenters. The standard InChI is InChI=1S/C15H21ClN2/c1-14(11-16)12-17-7-9-18(10-8-17)13-15-5-3-2-4-6-15/h2-6H,1,7-13H2. The number of alkyl halides is 1. The van der Waals surface area contributed by atoms with Crippen LogP contribution in [0.5, 0.6) is 0 Å². The molecular formula is C15H21ClN2. The average Bonchev–Trinajstić information content (AvgIpc) is 2.42. The van der Waals surface area contributed by atoms with Crippen molar-refractivity contribution in [3.63, 3.8) is 0 Å². The second kappa shape index (κ2) is 6.93. The quantitative estimate of drug-likeness (QED) is 0.596. The van der Waals surface area contributed by atoms with Crippen molar-refractivity contribution >= 4 is 11.6 Å². The summed E-state index contributed by atoms with van der Waals surface area (Å²) in [7, 11) is 0. The summed E-state index contributed by atoms with van der Waals surface area (Å²) in [6.45, 7) is 10.5. The molecule has 1 aromatic rings. The highest BCUT2D eigenvalue weighted by atomic mass is 35.5. The van der Waals surface area contributed by atoms with Crippen molar-refractivity contribution in [1.82, 2.24) is 9.80 Å². The van der Waals surface area contributed by atoms with E-state index in [0.29, 0.717) is 5.88 Å². The van der Waals surface area contributed by atoms with E-state index in [2.05, 4.69) is 46.7 Å². The van der Waals surface area contributed by atoms with Crippen molar-refractivity contribution in [3.05, 3.63) is 48.0 Å². The summed E-state index contributed by atoms with van der Waals surface area (Å²) >= 11 is 5.77. The molecule has 1 heterocycles. The largest absolute Gasteiger partial charge is 0.297 e. The summed E-state index contributed by atoms with van der Waals surface area (Å²) in [5, 5.41) is 0. The highest BCUT2D eigenvalue weighted by molar-refractivity contribution is 6.19. The molecule has 1 fully saturated rings. The molecule has 1 aliphatic heterocycles. The topological polar surface area (TPSA) is 6.48 Å². The summed E-state index contributed by atoms with van der Waals surface area (Å²) in [5.41, 5.74) is 2.52. The Bertz CT molecular complexity index is 369. The highest BCUT2D eigenvalue weighted by Gasteiger charge is 2.16. The molecule has 2 nitrogen and oxygen atoms in total. The SMILES string of the molecule is C=C(CCl)CN1CCN(Cc2ccccc2)CC1. The lowest BCUT2D eigenvalue weighted by Gasteiger charge is -2.34. The Morgan fingerprint density at radius 3 is 2.28 bits per heavy atom. The second-order valence-electron chi connectivity index (χ2n) is 4.92. The third-order valence-electron chi connectivity index (χ3n) is 3.35. The first-order valence-corrected chi connectivity index (χ1v) is 7.02. The molecule has 1 aromatic carbocycles. The zero-order valence-corrected chi connectivity index (χ0v) is 11.6. The van der Waals surface area contributed by atoms with E-state index < -0.39 is 0 Å². The van der Waals surface area contributed by atoms with Crippen LogP contribution in [0.4, 0.5) is 0 Å². The van der Waals surface area contributed by atoms with Crippen LogP contribution in [0.2, 0.25) is 0 Å². The zero-order valence-electron chi connectivity index (χ0n) is 10.8. The Balaban J connectivity index is 1.75. The number of rotatable bonds is 5. The van der Waals surface area contributed by atoms with E-state index >= 15 is 0 Å². The third-order valence-corrected chi connectivity index (χ3v) is 3.73. The summed E-state index contributed by atoms with van der Waals surface area (Å²) in [6.07, 6.45) is 0. The predicted molar refractivity (Wildman–Crippen MR) is 78.0 cm³/mol. The van der Waals surface area contributed by atoms with Gasteiger partial charge in [-0.05, 0) is 11.1 Å². The lowest BCUT2D eigenvalue weighted by Crippen LogP contribution is -2.46. The molecule has 0 saturated carbocycles. The first-order valence-electron chi connectivity index (χ1n) is 6.49. The van der Waals surface area contributed by atoms with Gasteiger partial charge < -0.3 is 0 Å². The van der Waals surface area contributed by atoms with Gasteiger partial charge >= 0.3 is 0 Å². The average molecular weight is 265 g/mol. The summed E-state index contributed by atoms with van der Waals surface area (Å²) in [6, 6.07) is 10.7. The smallest absolute Gasteiger partial charge is 0.0443 e. The molecule has 1 saturated heterocycles. The second-order valence-corrected chi connectivity index (χ2v) is 5.19. The summed E-state index contributed by atoms with van der Waals surface area (Å²) in [5.74, 6) is 0.574. The summed E-state index contributed by atoms with van der Waals surface area (Å²) in [4.78, 5) is 4.95. The van der Waals surface area contributed by atoms with Crippen LogP contribution in [0.15, 0.2) is 42.5 Å². The first kappa shape index (κ1) is 13.6. The fourth-order valence-electron chi connectivity index (χ4n) is 2.31. The highest BCUT2D eigenvalue weighted by Crippen LogP contribution is 2.09. The number of hydrogen-bond donors (Lipinski definition) is 0. The van der Waals surface area contributed by atoms with E-state index in [1.165, 1.54) is 5.56 Å². The van der Waals surface area contributed by atoms with Gasteiger partial charge in [-0.1, -0.05) is 36.9 Å². The van der Waals surface area contributed by atoms with Gasteiger partial charge in [0.15, 0.2) is 0 Å². The maximum Gasteiger partial charge on any atom is 0.0443 e. The minimum Gasteiger partial charge on any atom is -0.297 e. The fourth-order valence-corrected chi connectivity index (χ4v) is 2.39. The van der Waals surface area contributed by atoms with Gasteiger partial charge in [0.2, 0.25) is 0 Å². The van der Waals surface area contributed by atoms with E-state index in [1.54, 1.807) is 0 Å². The Morgan fingerprint density at radius 2 is 1.67 bits per heavy atom. The fraction of sp³-hybridized carbons (Fsp3) is 0.467. The maximum atomic E-state index is 5.77. The van der Waals surface area contributed by atoms with Crippen LogP contribution >= 0.6 is 11.6 Å². The predicted octanol–water partition coefficient (Wildman–Crippen LogP) is 2.60. The molecule has 1 aliphatic rings. The Labute approximate surface area is 115 Å². The maximum absolute atomic E-state index is 5.77. The molecular weight excluding hydrogens is 244 g/mol. The lowest BCUT2D eigenvalue weighted by atomic mass is 10.2. The van der Waals surface area contributed by atoms with Crippen molar-refractivity contribution in [2.75, 3.05) is 38.6 Å². The molecule has 3 heteroatoms. The van der Waals surface area contributed by atoms with Crippen LogP contribution in [-0.2, 0) is 6.54 Å². The molecule has 0 aromatic heterocycles. The number of halogens is 1. The molecule has 0 aliphatic carbocycles. The molecule has 98 valence electrons. The van der Waals surface area contributed by atoms with Crippen molar-refractivity contribution in [1.29, 1.82) is 0 Å². The molecule has 0 radical (unpaired) electrons. The van der Waals surface area contributed by atoms with Crippen molar-refractivity contribution in [3.8, 4) is 0 Å². The van der Waals surface area contributed by atoms with Gasteiger partial charge in [0.25, 0.3) is 0 Å². The van der Waals surface area contributed by atoms with Gasteiger partial charge in [0.1, 0.15) is 0 Å². The Kier molecular flexibility index (Phi) is 5.24. The van der Waals surface area contributed by atoms with Crippen LogP contribution in [0.25, 0.3) is 0 Å². The monoisotopic (exact) mass is 264 g/mol. The van der Waals surface area contributed by atoms with Gasteiger partial charge in [-0.2, -0.15) is 0 Å². The molecule has 0 unspecified atom stereocenters. The molecule has 18 heavy (non-hydrogen) atoms. The first-order chi connectivity index (χ1) is 8.78. The minimum absolute atomic E-state index is 0.574. The third kappa shape index (κ3) is 4.13. The normalized spacial score (nSPS) is 17.8. The van der Waals surface area contributed by atoms with Crippen LogP contribution < -0.4 is 0 Å². The minimum atomic E-state index is 0.574. The number of hydrogen-bond acceptors (Lipinski definition) is 2. The van der Waals surface area contributed by atoms with Gasteiger partial charge in [0, 0.05) is 45.1 Å². The van der Waals surface area contributed by atoms with Gasteiger partial charge in [-0.25, -0.2) is 0 Å². The number of benzene rings is 1. The van der Waals surface area contributed by atoms with E-state index in [4.69, 9.17) is 11.6 Å². The van der Waals surface area contributed by atoms with Crippen molar-refractivity contribution in [2.24, 2.45) is 0 Å².